The predicted molar refractivity (Wildman–Crippen MR) is 110 cm³/mol. The number of imidazole rings is 1. The largest absolute Gasteiger partial charge is 0.445 e. The van der Waals surface area contributed by atoms with Crippen LogP contribution in [-0.4, -0.2) is 22.3 Å². The summed E-state index contributed by atoms with van der Waals surface area (Å²) in [6.07, 6.45) is 5.35. The molecule has 0 saturated carbocycles. The van der Waals surface area contributed by atoms with E-state index in [9.17, 15) is 5.26 Å². The Labute approximate surface area is 165 Å². The lowest BCUT2D eigenvalue weighted by molar-refractivity contribution is 0.283. The number of nitrogens with two attached hydrogens (primary N) is 1. The molecule has 0 spiro atoms. The first-order valence-electron chi connectivity index (χ1n) is 9.42. The van der Waals surface area contributed by atoms with Gasteiger partial charge in [0, 0.05) is 42.8 Å². The maximum Gasteiger partial charge on any atom is 0.205 e. The molecular weight excluding hydrogens is 350 g/mol. The molecule has 2 aromatic rings. The van der Waals surface area contributed by atoms with Crippen molar-refractivity contribution >= 4 is 5.71 Å². The first-order chi connectivity index (χ1) is 13.5. The molecule has 1 unspecified atom stereocenters. The van der Waals surface area contributed by atoms with Crippen molar-refractivity contribution in [1.82, 2.24) is 9.55 Å². The zero-order valence-electron chi connectivity index (χ0n) is 16.7. The minimum absolute atomic E-state index is 0.160. The van der Waals surface area contributed by atoms with E-state index in [1.54, 1.807) is 13.2 Å². The van der Waals surface area contributed by atoms with Crippen molar-refractivity contribution in [3.05, 3.63) is 70.8 Å². The second-order valence-corrected chi connectivity index (χ2v) is 6.58. The Bertz CT molecular complexity index is 1000. The van der Waals surface area contributed by atoms with Crippen molar-refractivity contribution in [2.75, 3.05) is 7.05 Å². The maximum atomic E-state index is 9.75. The van der Waals surface area contributed by atoms with E-state index in [-0.39, 0.29) is 11.8 Å². The number of ether oxygens (including phenoxy) is 1. The highest BCUT2D eigenvalue weighted by Gasteiger charge is 2.33. The Morgan fingerprint density at radius 2 is 2.04 bits per heavy atom. The van der Waals surface area contributed by atoms with E-state index in [4.69, 9.17) is 10.5 Å². The van der Waals surface area contributed by atoms with Gasteiger partial charge in [0.05, 0.1) is 5.92 Å². The fraction of sp³-hybridized carbons (Fsp3) is 0.318. The fourth-order valence-corrected chi connectivity index (χ4v) is 3.71. The fourth-order valence-electron chi connectivity index (χ4n) is 3.71. The van der Waals surface area contributed by atoms with Gasteiger partial charge >= 0.3 is 0 Å². The second-order valence-electron chi connectivity index (χ2n) is 6.58. The molecule has 0 fully saturated rings. The summed E-state index contributed by atoms with van der Waals surface area (Å²) in [7, 11) is 1.76. The summed E-state index contributed by atoms with van der Waals surface area (Å²) < 4.78 is 7.74. The quantitative estimate of drug-likeness (QED) is 0.800. The van der Waals surface area contributed by atoms with Crippen molar-refractivity contribution in [3.63, 3.8) is 0 Å². The Morgan fingerprint density at radius 3 is 2.61 bits per heavy atom. The number of rotatable bonds is 5. The molecular formula is C22H25N5O. The molecule has 0 saturated heterocycles. The van der Waals surface area contributed by atoms with Gasteiger partial charge in [0.1, 0.15) is 23.2 Å². The minimum Gasteiger partial charge on any atom is -0.445 e. The van der Waals surface area contributed by atoms with Gasteiger partial charge in [-0.15, -0.1) is 0 Å². The van der Waals surface area contributed by atoms with E-state index < -0.39 is 0 Å². The number of hydrogen-bond donors (Lipinski definition) is 1. The summed E-state index contributed by atoms with van der Waals surface area (Å²) in [5.41, 5.74) is 10.3. The average Bonchev–Trinajstić information content (AvgIpc) is 3.19. The number of hydrogen-bond acceptors (Lipinski definition) is 5. The standard InChI is InChI=1S/C22H25N5O/c1-5-18(25-4)20-14(3)28-22(24)17(13-23)21(20)15-7-9-16(10-8-15)27-12-11-26-19(27)6-2/h7-12,21H,5-6,24H2,1-4H3. The normalized spacial score (nSPS) is 17.5. The molecule has 28 heavy (non-hydrogen) atoms. The van der Waals surface area contributed by atoms with Crippen molar-refractivity contribution in [1.29, 1.82) is 5.26 Å². The molecule has 2 N–H and O–H groups in total. The third-order valence-electron chi connectivity index (χ3n) is 5.06. The molecule has 1 aliphatic heterocycles. The lowest BCUT2D eigenvalue weighted by Gasteiger charge is -2.29. The number of benzene rings is 1. The molecule has 3 rings (SSSR count). The van der Waals surface area contributed by atoms with Crippen LogP contribution >= 0.6 is 0 Å². The summed E-state index contributed by atoms with van der Waals surface area (Å²) in [6.45, 7) is 6.00. The van der Waals surface area contributed by atoms with E-state index in [1.165, 1.54) is 0 Å². The van der Waals surface area contributed by atoms with Crippen LogP contribution in [0.1, 0.15) is 44.5 Å². The highest BCUT2D eigenvalue weighted by atomic mass is 16.5. The van der Waals surface area contributed by atoms with Gasteiger partial charge < -0.3 is 15.0 Å². The predicted octanol–water partition coefficient (Wildman–Crippen LogP) is 4.00. The smallest absolute Gasteiger partial charge is 0.205 e. The van der Waals surface area contributed by atoms with Crippen molar-refractivity contribution in [2.45, 2.75) is 39.5 Å². The van der Waals surface area contributed by atoms with Gasteiger partial charge in [-0.25, -0.2) is 4.98 Å². The third kappa shape index (κ3) is 3.31. The van der Waals surface area contributed by atoms with Crippen LogP contribution in [0, 0.1) is 11.3 Å². The van der Waals surface area contributed by atoms with Crippen LogP contribution in [0.4, 0.5) is 0 Å². The Morgan fingerprint density at radius 1 is 1.32 bits per heavy atom. The Hall–Kier alpha value is -3.33. The Kier molecular flexibility index (Phi) is 5.65. The number of aromatic nitrogens is 2. The summed E-state index contributed by atoms with van der Waals surface area (Å²) in [4.78, 5) is 8.81. The molecule has 6 heteroatoms. The summed E-state index contributed by atoms with van der Waals surface area (Å²) in [5.74, 6) is 1.56. The average molecular weight is 375 g/mol. The Balaban J connectivity index is 2.10. The van der Waals surface area contributed by atoms with Crippen LogP contribution < -0.4 is 5.73 Å². The lowest BCUT2D eigenvalue weighted by Crippen LogP contribution is -2.24. The van der Waals surface area contributed by atoms with Crippen molar-refractivity contribution in [3.8, 4) is 11.8 Å². The molecule has 0 radical (unpaired) electrons. The molecule has 1 aromatic carbocycles. The van der Waals surface area contributed by atoms with Gasteiger partial charge in [-0.05, 0) is 31.0 Å². The SMILES string of the molecule is CCC(=NC)C1=C(C)OC(N)=C(C#N)C1c1ccc(-n2ccnc2CC)cc1. The molecule has 1 aromatic heterocycles. The zero-order chi connectivity index (χ0) is 20.3. The van der Waals surface area contributed by atoms with E-state index in [0.29, 0.717) is 11.3 Å². The second kappa shape index (κ2) is 8.13. The first kappa shape index (κ1) is 19.4. The van der Waals surface area contributed by atoms with E-state index >= 15 is 0 Å². The van der Waals surface area contributed by atoms with Gasteiger partial charge in [-0.3, -0.25) is 4.99 Å². The van der Waals surface area contributed by atoms with Gasteiger partial charge in [0.2, 0.25) is 5.88 Å². The monoisotopic (exact) mass is 375 g/mol. The van der Waals surface area contributed by atoms with Crippen LogP contribution in [0.15, 0.2) is 64.4 Å². The van der Waals surface area contributed by atoms with Crippen molar-refractivity contribution < 1.29 is 4.74 Å². The van der Waals surface area contributed by atoms with Crippen LogP contribution in [-0.2, 0) is 11.2 Å². The van der Waals surface area contributed by atoms with Crippen LogP contribution in [0.5, 0.6) is 0 Å². The molecule has 2 heterocycles. The van der Waals surface area contributed by atoms with Gasteiger partial charge in [-0.2, -0.15) is 5.26 Å². The number of aryl methyl sites for hydroxylation is 1. The van der Waals surface area contributed by atoms with Gasteiger partial charge in [-0.1, -0.05) is 26.0 Å². The van der Waals surface area contributed by atoms with E-state index in [1.807, 2.05) is 44.3 Å². The summed E-state index contributed by atoms with van der Waals surface area (Å²) in [5, 5.41) is 9.75. The third-order valence-corrected chi connectivity index (χ3v) is 5.06. The van der Waals surface area contributed by atoms with Crippen LogP contribution in [0.2, 0.25) is 0 Å². The van der Waals surface area contributed by atoms with E-state index in [0.717, 1.165) is 41.2 Å². The number of nitrogens with zero attached hydrogens (tertiary/aromatic N) is 4. The lowest BCUT2D eigenvalue weighted by atomic mass is 9.80. The molecule has 0 aliphatic carbocycles. The van der Waals surface area contributed by atoms with Crippen LogP contribution in [0.3, 0.4) is 0 Å². The van der Waals surface area contributed by atoms with E-state index in [2.05, 4.69) is 27.5 Å². The first-order valence-corrected chi connectivity index (χ1v) is 9.42. The number of nitriles is 1. The summed E-state index contributed by atoms with van der Waals surface area (Å²) >= 11 is 0. The molecule has 1 atom stereocenters. The van der Waals surface area contributed by atoms with Gasteiger partial charge in [0.25, 0.3) is 0 Å². The number of allylic oxidation sites excluding steroid dienone is 3. The molecule has 0 bridgehead atoms. The highest BCUT2D eigenvalue weighted by Crippen LogP contribution is 2.40. The minimum atomic E-state index is -0.292. The topological polar surface area (TPSA) is 89.2 Å². The molecule has 6 nitrogen and oxygen atoms in total. The summed E-state index contributed by atoms with van der Waals surface area (Å²) in [6, 6.07) is 10.4. The maximum absolute atomic E-state index is 9.75. The molecule has 144 valence electrons. The molecule has 0 amide bonds. The van der Waals surface area contributed by atoms with Crippen LogP contribution in [0.25, 0.3) is 5.69 Å². The highest BCUT2D eigenvalue weighted by molar-refractivity contribution is 6.02. The van der Waals surface area contributed by atoms with Gasteiger partial charge in [0.15, 0.2) is 0 Å². The van der Waals surface area contributed by atoms with Crippen molar-refractivity contribution in [2.24, 2.45) is 10.7 Å². The zero-order valence-corrected chi connectivity index (χ0v) is 16.7. The number of aliphatic imine (C=N–C) groups is 1. The molecule has 1 aliphatic rings.